The number of cyclic esters (lactones) is 1. The van der Waals surface area contributed by atoms with E-state index in [4.69, 9.17) is 28.4 Å². The maximum Gasteiger partial charge on any atom is 0.314 e. The first-order valence-corrected chi connectivity index (χ1v) is 23.1. The summed E-state index contributed by atoms with van der Waals surface area (Å²) in [6.45, 7) is 22.6. The summed E-state index contributed by atoms with van der Waals surface area (Å²) in [6.07, 6.45) is -7.56. The molecule has 7 N–H and O–H groups in total. The number of nitrogens with zero attached hydrogens (tertiary/aromatic N) is 2. The molecule has 2 amide bonds. The van der Waals surface area contributed by atoms with Gasteiger partial charge in [-0.15, -0.1) is 0 Å². The predicted octanol–water partition coefficient (Wildman–Crippen LogP) is 2.76. The highest BCUT2D eigenvalue weighted by Gasteiger charge is 2.53. The lowest BCUT2D eigenvalue weighted by atomic mass is 9.77. The van der Waals surface area contributed by atoms with E-state index in [-0.39, 0.29) is 49.4 Å². The van der Waals surface area contributed by atoms with Crippen LogP contribution in [0.2, 0.25) is 0 Å². The Morgan fingerprint density at radius 3 is 2.21 bits per heavy atom. The van der Waals surface area contributed by atoms with Crippen molar-refractivity contribution >= 4 is 12.0 Å². The number of aliphatic hydroxyl groups excluding tert-OH is 3. The number of urea groups is 1. The van der Waals surface area contributed by atoms with E-state index in [1.165, 1.54) is 14.0 Å². The van der Waals surface area contributed by atoms with E-state index in [1.54, 1.807) is 41.5 Å². The van der Waals surface area contributed by atoms with Crippen LogP contribution in [0.1, 0.15) is 122 Å². The van der Waals surface area contributed by atoms with Crippen molar-refractivity contribution in [3.63, 3.8) is 0 Å². The number of nitrogens with one attached hydrogen (secondary N) is 2. The Labute approximate surface area is 371 Å². The molecule has 17 nitrogen and oxygen atoms in total. The van der Waals surface area contributed by atoms with Gasteiger partial charge in [0.1, 0.15) is 30.0 Å². The molecule has 3 saturated heterocycles. The maximum absolute atomic E-state index is 14.5. The molecule has 1 unspecified atom stereocenters. The Kier molecular flexibility index (Phi) is 20.4. The van der Waals surface area contributed by atoms with Gasteiger partial charge in [-0.2, -0.15) is 0 Å². The fourth-order valence-corrected chi connectivity index (χ4v) is 9.76. The zero-order chi connectivity index (χ0) is 47.1. The van der Waals surface area contributed by atoms with Gasteiger partial charge >= 0.3 is 12.0 Å². The predicted molar refractivity (Wildman–Crippen MR) is 234 cm³/mol. The molecule has 3 aliphatic rings. The standard InChI is InChI=1S/C45H86N4O13/c1-16-26(4)47-42(54)46-19-18-20-49-24-25(3)22-43(10,55)39(62-41-35(50)32(48(13)14)21-27(5)58-41)28(6)36(61-34-23-44(11,57-15)38(52)31(9)59-34)29(7)40(53)60-33(17-2)45(12,56)37(51)30(49)8/h25-39,41,50-52,55-56H,16-24H2,1-15H3,(H2,46,47,54)/t25-,26?,27-,28+,29-,30-,31+,32+,33-,34+,35-,36+,37-,38+,39-,41+,43-,44-,45-/m1/s1. The molecule has 3 rings (SSSR count). The molecule has 0 aromatic rings. The van der Waals surface area contributed by atoms with Gasteiger partial charge in [0.2, 0.25) is 0 Å². The van der Waals surface area contributed by atoms with Gasteiger partial charge in [-0.05, 0) is 108 Å². The van der Waals surface area contributed by atoms with Crippen molar-refractivity contribution in [3.05, 3.63) is 0 Å². The van der Waals surface area contributed by atoms with Gasteiger partial charge in [-0.3, -0.25) is 9.69 Å². The average Bonchev–Trinajstić information content (AvgIpc) is 3.19. The smallest absolute Gasteiger partial charge is 0.314 e. The molecule has 0 saturated carbocycles. The lowest BCUT2D eigenvalue weighted by molar-refractivity contribution is -0.318. The molecule has 3 aliphatic heterocycles. The molecule has 17 heteroatoms. The number of likely N-dealkylation sites (N-methyl/N-ethyl adjacent to an activating group) is 1. The van der Waals surface area contributed by atoms with Crippen molar-refractivity contribution in [2.45, 2.75) is 218 Å². The van der Waals surface area contributed by atoms with Crippen molar-refractivity contribution in [2.75, 3.05) is 40.8 Å². The highest BCUT2D eigenvalue weighted by atomic mass is 16.7. The van der Waals surface area contributed by atoms with Crippen LogP contribution in [0.25, 0.3) is 0 Å². The molecular weight excluding hydrogens is 805 g/mol. The summed E-state index contributed by atoms with van der Waals surface area (Å²) in [5.41, 5.74) is -4.59. The molecule has 364 valence electrons. The van der Waals surface area contributed by atoms with Crippen LogP contribution in [-0.2, 0) is 33.2 Å². The Hall–Kier alpha value is -1.74. The molecule has 0 aliphatic carbocycles. The fraction of sp³-hybridized carbons (Fsp3) is 0.956. The highest BCUT2D eigenvalue weighted by Crippen LogP contribution is 2.40. The second kappa shape index (κ2) is 23.1. The van der Waals surface area contributed by atoms with E-state index >= 15 is 0 Å². The minimum absolute atomic E-state index is 0.0186. The van der Waals surface area contributed by atoms with E-state index in [0.717, 1.165) is 6.42 Å². The maximum atomic E-state index is 14.5. The third kappa shape index (κ3) is 13.7. The molecule has 62 heavy (non-hydrogen) atoms. The molecule has 3 fully saturated rings. The first kappa shape index (κ1) is 54.6. The second-order valence-corrected chi connectivity index (χ2v) is 19.8. The minimum atomic E-state index is -1.90. The van der Waals surface area contributed by atoms with Gasteiger partial charge in [0.25, 0.3) is 0 Å². The number of amides is 2. The van der Waals surface area contributed by atoms with Crippen LogP contribution in [0, 0.1) is 17.8 Å². The average molecular weight is 891 g/mol. The van der Waals surface area contributed by atoms with E-state index in [0.29, 0.717) is 32.5 Å². The van der Waals surface area contributed by atoms with E-state index in [1.807, 2.05) is 58.5 Å². The normalized spacial score (nSPS) is 43.9. The van der Waals surface area contributed by atoms with Crippen LogP contribution < -0.4 is 10.6 Å². The third-order valence-corrected chi connectivity index (χ3v) is 13.9. The van der Waals surface area contributed by atoms with E-state index in [9.17, 15) is 35.1 Å². The Bertz CT molecular complexity index is 1390. The Morgan fingerprint density at radius 1 is 0.984 bits per heavy atom. The zero-order valence-electron chi connectivity index (χ0n) is 40.5. The van der Waals surface area contributed by atoms with E-state index in [2.05, 4.69) is 10.6 Å². The van der Waals surface area contributed by atoms with Crippen molar-refractivity contribution in [2.24, 2.45) is 17.8 Å². The lowest BCUT2D eigenvalue weighted by Gasteiger charge is -2.48. The van der Waals surface area contributed by atoms with Gasteiger partial charge in [0.15, 0.2) is 12.6 Å². The van der Waals surface area contributed by atoms with Crippen LogP contribution in [0.5, 0.6) is 0 Å². The first-order chi connectivity index (χ1) is 28.7. The number of hydrogen-bond acceptors (Lipinski definition) is 15. The first-order valence-electron chi connectivity index (χ1n) is 23.1. The number of aliphatic hydroxyl groups is 5. The van der Waals surface area contributed by atoms with Crippen LogP contribution in [0.15, 0.2) is 0 Å². The molecule has 0 aromatic carbocycles. The molecule has 3 heterocycles. The van der Waals surface area contributed by atoms with Crippen molar-refractivity contribution in [3.8, 4) is 0 Å². The van der Waals surface area contributed by atoms with Crippen molar-refractivity contribution in [1.29, 1.82) is 0 Å². The number of esters is 1. The van der Waals surface area contributed by atoms with Crippen molar-refractivity contribution < 1.29 is 63.5 Å². The number of carbonyl (C=O) groups excluding carboxylic acids is 2. The lowest BCUT2D eigenvalue weighted by Crippen LogP contribution is -2.60. The summed E-state index contributed by atoms with van der Waals surface area (Å²) in [5.74, 6) is -2.82. The second-order valence-electron chi connectivity index (χ2n) is 19.8. The van der Waals surface area contributed by atoms with Gasteiger partial charge in [0, 0.05) is 57.2 Å². The third-order valence-electron chi connectivity index (χ3n) is 13.9. The minimum Gasteiger partial charge on any atom is -0.459 e. The van der Waals surface area contributed by atoms with Crippen LogP contribution in [0.3, 0.4) is 0 Å². The molecular formula is C45H86N4O13. The number of hydrogen-bond donors (Lipinski definition) is 7. The van der Waals surface area contributed by atoms with Crippen LogP contribution >= 0.6 is 0 Å². The SMILES string of the molecule is CCC(C)NC(=O)NCCCN1C[C@H](C)C[C@@](C)(O)[C@H](O[C@@H]2O[C@H](C)C[C@H](N(C)C)[C@H]2O)[C@@H](C)[C@H](O[C@H]2C[C@@](C)(OC)[C@@H](O)[C@H](C)O2)[C@@H](C)C(=O)O[C@H](CC)[C@@](C)(O)[C@H](O)[C@H]1C. The molecule has 0 aromatic heterocycles. The zero-order valence-corrected chi connectivity index (χ0v) is 40.5. The monoisotopic (exact) mass is 891 g/mol. The van der Waals surface area contributed by atoms with Gasteiger partial charge < -0.3 is 69.5 Å². The molecule has 0 radical (unpaired) electrons. The van der Waals surface area contributed by atoms with Crippen LogP contribution in [-0.4, -0.2) is 185 Å². The van der Waals surface area contributed by atoms with Gasteiger partial charge in [-0.1, -0.05) is 27.7 Å². The van der Waals surface area contributed by atoms with Crippen molar-refractivity contribution in [1.82, 2.24) is 20.4 Å². The number of methoxy groups -OCH3 is 1. The number of ether oxygens (including phenoxy) is 6. The summed E-state index contributed by atoms with van der Waals surface area (Å²) < 4.78 is 37.9. The number of carbonyl (C=O) groups is 2. The summed E-state index contributed by atoms with van der Waals surface area (Å²) in [5, 5.41) is 65.4. The van der Waals surface area contributed by atoms with Crippen LogP contribution in [0.4, 0.5) is 4.79 Å². The van der Waals surface area contributed by atoms with E-state index < -0.39 is 96.0 Å². The topological polar surface area (TPSA) is 221 Å². The molecule has 19 atom stereocenters. The largest absolute Gasteiger partial charge is 0.459 e. The molecule has 0 bridgehead atoms. The van der Waals surface area contributed by atoms with Gasteiger partial charge in [-0.25, -0.2) is 4.79 Å². The summed E-state index contributed by atoms with van der Waals surface area (Å²) >= 11 is 0. The highest BCUT2D eigenvalue weighted by molar-refractivity contribution is 5.74. The fourth-order valence-electron chi connectivity index (χ4n) is 9.76. The quantitative estimate of drug-likeness (QED) is 0.104. The Morgan fingerprint density at radius 2 is 1.63 bits per heavy atom. The molecule has 0 spiro atoms. The Balaban J connectivity index is 2.14. The van der Waals surface area contributed by atoms with Gasteiger partial charge in [0.05, 0.1) is 41.5 Å². The summed E-state index contributed by atoms with van der Waals surface area (Å²) in [6, 6.07) is -1.22. The summed E-state index contributed by atoms with van der Waals surface area (Å²) in [4.78, 5) is 30.9. The number of rotatable bonds is 13. The summed E-state index contributed by atoms with van der Waals surface area (Å²) in [7, 11) is 5.26.